The van der Waals surface area contributed by atoms with Crippen LogP contribution < -0.4 is 10.6 Å². The minimum Gasteiger partial charge on any atom is -0.395 e. The average Bonchev–Trinajstić information content (AvgIpc) is 2.76. The zero-order valence-electron chi connectivity index (χ0n) is 9.36. The van der Waals surface area contributed by atoms with E-state index in [-0.39, 0.29) is 19.2 Å². The zero-order chi connectivity index (χ0) is 12.1. The van der Waals surface area contributed by atoms with Gasteiger partial charge in [-0.3, -0.25) is 0 Å². The Kier molecular flexibility index (Phi) is 3.62. The van der Waals surface area contributed by atoms with Crippen molar-refractivity contribution >= 4 is 16.9 Å². The second kappa shape index (κ2) is 5.36. The summed E-state index contributed by atoms with van der Waals surface area (Å²) < 4.78 is 0. The van der Waals surface area contributed by atoms with Gasteiger partial charge in [0.25, 0.3) is 0 Å². The number of nitrogens with one attached hydrogen (secondary N) is 3. The summed E-state index contributed by atoms with van der Waals surface area (Å²) in [4.78, 5) is 14.5. The van der Waals surface area contributed by atoms with Gasteiger partial charge in [0, 0.05) is 17.8 Å². The van der Waals surface area contributed by atoms with Crippen molar-refractivity contribution in [2.24, 2.45) is 0 Å². The summed E-state index contributed by atoms with van der Waals surface area (Å²) in [7, 11) is 0. The molecule has 0 bridgehead atoms. The molecular formula is C12H15N3O2. The lowest BCUT2D eigenvalue weighted by Gasteiger charge is -2.04. The van der Waals surface area contributed by atoms with E-state index < -0.39 is 0 Å². The van der Waals surface area contributed by atoms with E-state index in [1.54, 1.807) is 0 Å². The van der Waals surface area contributed by atoms with E-state index >= 15 is 0 Å². The van der Waals surface area contributed by atoms with E-state index in [0.717, 1.165) is 16.6 Å². The third-order valence-electron chi connectivity index (χ3n) is 2.42. The SMILES string of the molecule is O=C(NCCO)NCc1cc2ccccc2[nH]1. The predicted molar refractivity (Wildman–Crippen MR) is 65.6 cm³/mol. The molecule has 17 heavy (non-hydrogen) atoms. The lowest BCUT2D eigenvalue weighted by Crippen LogP contribution is -2.36. The molecule has 0 saturated heterocycles. The second-order valence-corrected chi connectivity index (χ2v) is 3.71. The van der Waals surface area contributed by atoms with Gasteiger partial charge in [-0.05, 0) is 17.5 Å². The van der Waals surface area contributed by atoms with Crippen LogP contribution in [0.4, 0.5) is 4.79 Å². The predicted octanol–water partition coefficient (Wildman–Crippen LogP) is 0.959. The van der Waals surface area contributed by atoms with Gasteiger partial charge < -0.3 is 20.7 Å². The number of hydrogen-bond donors (Lipinski definition) is 4. The molecule has 1 aromatic heterocycles. The number of aliphatic hydroxyl groups is 1. The molecule has 1 heterocycles. The molecule has 5 heteroatoms. The van der Waals surface area contributed by atoms with Crippen molar-refractivity contribution in [3.8, 4) is 0 Å². The van der Waals surface area contributed by atoms with Crippen LogP contribution in [-0.2, 0) is 6.54 Å². The van der Waals surface area contributed by atoms with Crippen molar-refractivity contribution in [1.82, 2.24) is 15.6 Å². The number of aliphatic hydroxyl groups excluding tert-OH is 1. The molecule has 4 N–H and O–H groups in total. The Morgan fingerprint density at radius 1 is 1.29 bits per heavy atom. The summed E-state index contributed by atoms with van der Waals surface area (Å²) in [6, 6.07) is 9.66. The van der Waals surface area contributed by atoms with Crippen LogP contribution >= 0.6 is 0 Å². The summed E-state index contributed by atoms with van der Waals surface area (Å²) >= 11 is 0. The number of para-hydroxylation sites is 1. The van der Waals surface area contributed by atoms with Gasteiger partial charge in [-0.15, -0.1) is 0 Å². The van der Waals surface area contributed by atoms with Crippen molar-refractivity contribution in [3.63, 3.8) is 0 Å². The standard InChI is InChI=1S/C12H15N3O2/c16-6-5-13-12(17)14-8-10-7-9-3-1-2-4-11(9)15-10/h1-4,7,15-16H,5-6,8H2,(H2,13,14,17). The number of carbonyl (C=O) groups is 1. The minimum absolute atomic E-state index is 0.0557. The highest BCUT2D eigenvalue weighted by molar-refractivity contribution is 5.80. The quantitative estimate of drug-likeness (QED) is 0.634. The van der Waals surface area contributed by atoms with Crippen LogP contribution in [0, 0.1) is 0 Å². The van der Waals surface area contributed by atoms with Gasteiger partial charge in [0.05, 0.1) is 13.2 Å². The fourth-order valence-electron chi connectivity index (χ4n) is 1.64. The maximum atomic E-state index is 11.2. The molecule has 0 aliphatic carbocycles. The first-order chi connectivity index (χ1) is 8.29. The van der Waals surface area contributed by atoms with Gasteiger partial charge in [-0.2, -0.15) is 0 Å². The first-order valence-electron chi connectivity index (χ1n) is 5.49. The van der Waals surface area contributed by atoms with Gasteiger partial charge in [-0.1, -0.05) is 18.2 Å². The van der Waals surface area contributed by atoms with Crippen LogP contribution in [0.15, 0.2) is 30.3 Å². The number of aromatic amines is 1. The zero-order valence-corrected chi connectivity index (χ0v) is 9.36. The number of fused-ring (bicyclic) bond motifs is 1. The number of hydrogen-bond acceptors (Lipinski definition) is 2. The molecule has 5 nitrogen and oxygen atoms in total. The molecule has 0 unspecified atom stereocenters. The lowest BCUT2D eigenvalue weighted by molar-refractivity contribution is 0.234. The van der Waals surface area contributed by atoms with Crippen LogP contribution in [0.2, 0.25) is 0 Å². The number of benzene rings is 1. The summed E-state index contributed by atoms with van der Waals surface area (Å²) in [5.74, 6) is 0. The molecule has 0 saturated carbocycles. The molecule has 0 spiro atoms. The minimum atomic E-state index is -0.280. The normalized spacial score (nSPS) is 10.4. The third-order valence-corrected chi connectivity index (χ3v) is 2.42. The van der Waals surface area contributed by atoms with Crippen molar-refractivity contribution < 1.29 is 9.90 Å². The molecule has 2 aromatic rings. The topological polar surface area (TPSA) is 77.2 Å². The summed E-state index contributed by atoms with van der Waals surface area (Å²) in [5, 5.41) is 14.9. The molecule has 2 rings (SSSR count). The molecular weight excluding hydrogens is 218 g/mol. The maximum Gasteiger partial charge on any atom is 0.315 e. The Hall–Kier alpha value is -2.01. The van der Waals surface area contributed by atoms with Gasteiger partial charge in [-0.25, -0.2) is 4.79 Å². The molecule has 0 aliphatic rings. The van der Waals surface area contributed by atoms with E-state index in [4.69, 9.17) is 5.11 Å². The summed E-state index contributed by atoms with van der Waals surface area (Å²) in [6.07, 6.45) is 0. The number of rotatable bonds is 4. The molecule has 0 aliphatic heterocycles. The molecule has 0 fully saturated rings. The number of urea groups is 1. The molecule has 1 aromatic carbocycles. The monoisotopic (exact) mass is 233 g/mol. The van der Waals surface area contributed by atoms with E-state index in [2.05, 4.69) is 15.6 Å². The Balaban J connectivity index is 1.92. The molecule has 0 radical (unpaired) electrons. The molecule has 90 valence electrons. The van der Waals surface area contributed by atoms with E-state index in [0.29, 0.717) is 6.54 Å². The highest BCUT2D eigenvalue weighted by Crippen LogP contribution is 2.14. The van der Waals surface area contributed by atoms with E-state index in [9.17, 15) is 4.79 Å². The van der Waals surface area contributed by atoms with Crippen LogP contribution in [0.1, 0.15) is 5.69 Å². The van der Waals surface area contributed by atoms with Gasteiger partial charge >= 0.3 is 6.03 Å². The fraction of sp³-hybridized carbons (Fsp3) is 0.250. The Bertz CT molecular complexity index is 474. The number of H-pyrrole nitrogens is 1. The van der Waals surface area contributed by atoms with Crippen molar-refractivity contribution in [3.05, 3.63) is 36.0 Å². The Labute approximate surface area is 98.8 Å². The van der Waals surface area contributed by atoms with Crippen molar-refractivity contribution in [2.75, 3.05) is 13.2 Å². The van der Waals surface area contributed by atoms with Gasteiger partial charge in [0.2, 0.25) is 0 Å². The van der Waals surface area contributed by atoms with Crippen LogP contribution in [0.3, 0.4) is 0 Å². The van der Waals surface area contributed by atoms with Gasteiger partial charge in [0.15, 0.2) is 0 Å². The molecule has 2 amide bonds. The van der Waals surface area contributed by atoms with E-state index in [1.165, 1.54) is 0 Å². The van der Waals surface area contributed by atoms with Crippen LogP contribution in [0.5, 0.6) is 0 Å². The Morgan fingerprint density at radius 3 is 2.88 bits per heavy atom. The lowest BCUT2D eigenvalue weighted by atomic mass is 10.2. The van der Waals surface area contributed by atoms with Crippen molar-refractivity contribution in [1.29, 1.82) is 0 Å². The average molecular weight is 233 g/mol. The first-order valence-corrected chi connectivity index (χ1v) is 5.49. The fourth-order valence-corrected chi connectivity index (χ4v) is 1.64. The van der Waals surface area contributed by atoms with Crippen LogP contribution in [0.25, 0.3) is 10.9 Å². The van der Waals surface area contributed by atoms with Crippen LogP contribution in [-0.4, -0.2) is 29.3 Å². The number of amides is 2. The second-order valence-electron chi connectivity index (χ2n) is 3.71. The highest BCUT2D eigenvalue weighted by atomic mass is 16.3. The number of carbonyl (C=O) groups excluding carboxylic acids is 1. The summed E-state index contributed by atoms with van der Waals surface area (Å²) in [6.45, 7) is 0.643. The highest BCUT2D eigenvalue weighted by Gasteiger charge is 2.02. The maximum absolute atomic E-state index is 11.2. The first kappa shape index (κ1) is 11.5. The smallest absolute Gasteiger partial charge is 0.315 e. The number of aromatic nitrogens is 1. The Morgan fingerprint density at radius 2 is 2.12 bits per heavy atom. The molecule has 0 atom stereocenters. The summed E-state index contributed by atoms with van der Waals surface area (Å²) in [5.41, 5.74) is 2.01. The van der Waals surface area contributed by atoms with Crippen molar-refractivity contribution in [2.45, 2.75) is 6.54 Å². The van der Waals surface area contributed by atoms with E-state index in [1.807, 2.05) is 30.3 Å². The van der Waals surface area contributed by atoms with Gasteiger partial charge in [0.1, 0.15) is 0 Å². The third kappa shape index (κ3) is 2.98. The largest absolute Gasteiger partial charge is 0.395 e.